The highest BCUT2D eigenvalue weighted by Crippen LogP contribution is 2.19. The lowest BCUT2D eigenvalue weighted by atomic mass is 9.95. The number of hydrogen-bond acceptors (Lipinski definition) is 3. The highest BCUT2D eigenvalue weighted by molar-refractivity contribution is 5.34. The predicted octanol–water partition coefficient (Wildman–Crippen LogP) is 2.98. The number of rotatable bonds is 7. The Labute approximate surface area is 122 Å². The van der Waals surface area contributed by atoms with Crippen LogP contribution in [0.1, 0.15) is 36.5 Å². The van der Waals surface area contributed by atoms with Gasteiger partial charge in [-0.3, -0.25) is 0 Å². The van der Waals surface area contributed by atoms with Crippen molar-refractivity contribution in [3.63, 3.8) is 0 Å². The van der Waals surface area contributed by atoms with E-state index in [0.717, 1.165) is 39.0 Å². The van der Waals surface area contributed by atoms with Crippen molar-refractivity contribution in [2.24, 2.45) is 0 Å². The zero-order valence-corrected chi connectivity index (χ0v) is 12.9. The highest BCUT2D eigenvalue weighted by atomic mass is 16.7. The smallest absolute Gasteiger partial charge is 0.159 e. The minimum Gasteiger partial charge on any atom is -0.350 e. The molecule has 0 radical (unpaired) electrons. The fourth-order valence-electron chi connectivity index (χ4n) is 2.78. The first kappa shape index (κ1) is 15.5. The highest BCUT2D eigenvalue weighted by Gasteiger charge is 2.22. The molecule has 1 aromatic carbocycles. The summed E-state index contributed by atoms with van der Waals surface area (Å²) in [5.74, 6) is 0. The van der Waals surface area contributed by atoms with Gasteiger partial charge in [-0.2, -0.15) is 0 Å². The van der Waals surface area contributed by atoms with E-state index in [1.807, 2.05) is 0 Å². The van der Waals surface area contributed by atoms with Crippen molar-refractivity contribution in [1.82, 2.24) is 5.32 Å². The first-order valence-corrected chi connectivity index (χ1v) is 7.72. The molecule has 0 aromatic heterocycles. The van der Waals surface area contributed by atoms with Gasteiger partial charge in [0.1, 0.15) is 0 Å². The summed E-state index contributed by atoms with van der Waals surface area (Å²) < 4.78 is 11.2. The lowest BCUT2D eigenvalue weighted by Gasteiger charge is -2.23. The van der Waals surface area contributed by atoms with Gasteiger partial charge in [0, 0.05) is 12.5 Å². The number of benzene rings is 1. The molecule has 0 saturated carbocycles. The van der Waals surface area contributed by atoms with Gasteiger partial charge in [0.2, 0.25) is 0 Å². The van der Waals surface area contributed by atoms with E-state index in [1.54, 1.807) is 0 Å². The molecule has 1 unspecified atom stereocenters. The van der Waals surface area contributed by atoms with Gasteiger partial charge in [0.15, 0.2) is 6.29 Å². The van der Waals surface area contributed by atoms with E-state index in [4.69, 9.17) is 9.47 Å². The maximum absolute atomic E-state index is 5.60. The van der Waals surface area contributed by atoms with Crippen LogP contribution < -0.4 is 5.32 Å². The molecule has 3 heteroatoms. The maximum Gasteiger partial charge on any atom is 0.159 e. The van der Waals surface area contributed by atoms with Gasteiger partial charge in [-0.15, -0.1) is 0 Å². The standard InChI is InChI=1S/C17H27NO2/c1-4-8-18-15(12-17-19-9-10-20-17)11-16-13(2)6-5-7-14(16)3/h5-7,15,17-18H,4,8-12H2,1-3H3. The largest absolute Gasteiger partial charge is 0.350 e. The van der Waals surface area contributed by atoms with Crippen LogP contribution in [-0.4, -0.2) is 32.1 Å². The van der Waals surface area contributed by atoms with Gasteiger partial charge in [0.25, 0.3) is 0 Å². The van der Waals surface area contributed by atoms with Crippen molar-refractivity contribution >= 4 is 0 Å². The van der Waals surface area contributed by atoms with Crippen LogP contribution in [0.5, 0.6) is 0 Å². The normalized spacial score (nSPS) is 17.6. The first-order valence-electron chi connectivity index (χ1n) is 7.72. The van der Waals surface area contributed by atoms with Crippen LogP contribution in [0.15, 0.2) is 18.2 Å². The third kappa shape index (κ3) is 4.30. The van der Waals surface area contributed by atoms with Crippen LogP contribution >= 0.6 is 0 Å². The van der Waals surface area contributed by atoms with Crippen LogP contribution in [0.4, 0.5) is 0 Å². The molecule has 1 aromatic rings. The summed E-state index contributed by atoms with van der Waals surface area (Å²) in [5.41, 5.74) is 4.21. The van der Waals surface area contributed by atoms with E-state index in [0.29, 0.717) is 6.04 Å². The van der Waals surface area contributed by atoms with Gasteiger partial charge in [0.05, 0.1) is 13.2 Å². The van der Waals surface area contributed by atoms with E-state index < -0.39 is 0 Å². The van der Waals surface area contributed by atoms with Crippen molar-refractivity contribution in [3.05, 3.63) is 34.9 Å². The number of ether oxygens (including phenoxy) is 2. The molecule has 3 nitrogen and oxygen atoms in total. The first-order chi connectivity index (χ1) is 9.70. The number of aryl methyl sites for hydroxylation is 2. The fraction of sp³-hybridized carbons (Fsp3) is 0.647. The Morgan fingerprint density at radius 3 is 2.45 bits per heavy atom. The Morgan fingerprint density at radius 1 is 1.20 bits per heavy atom. The van der Waals surface area contributed by atoms with Gasteiger partial charge in [-0.25, -0.2) is 0 Å². The summed E-state index contributed by atoms with van der Waals surface area (Å²) in [4.78, 5) is 0. The maximum atomic E-state index is 5.60. The molecule has 0 bridgehead atoms. The number of nitrogens with one attached hydrogen (secondary N) is 1. The summed E-state index contributed by atoms with van der Waals surface area (Å²) in [6.45, 7) is 9.10. The molecular weight excluding hydrogens is 250 g/mol. The third-order valence-corrected chi connectivity index (χ3v) is 3.95. The average molecular weight is 277 g/mol. The van der Waals surface area contributed by atoms with Crippen LogP contribution in [0.3, 0.4) is 0 Å². The summed E-state index contributed by atoms with van der Waals surface area (Å²) in [6.07, 6.45) is 3.08. The summed E-state index contributed by atoms with van der Waals surface area (Å²) >= 11 is 0. The molecule has 1 N–H and O–H groups in total. The molecule has 1 atom stereocenters. The predicted molar refractivity (Wildman–Crippen MR) is 82.0 cm³/mol. The van der Waals surface area contributed by atoms with E-state index in [9.17, 15) is 0 Å². The van der Waals surface area contributed by atoms with Crippen molar-refractivity contribution in [2.75, 3.05) is 19.8 Å². The molecule has 1 aliphatic heterocycles. The van der Waals surface area contributed by atoms with E-state index in [2.05, 4.69) is 44.3 Å². The molecule has 2 rings (SSSR count). The second-order valence-electron chi connectivity index (χ2n) is 5.63. The topological polar surface area (TPSA) is 30.5 Å². The van der Waals surface area contributed by atoms with Gasteiger partial charge in [-0.05, 0) is 49.9 Å². The SMILES string of the molecule is CCCNC(Cc1c(C)cccc1C)CC1OCCO1. The molecule has 1 heterocycles. The van der Waals surface area contributed by atoms with E-state index in [1.165, 1.54) is 16.7 Å². The van der Waals surface area contributed by atoms with Crippen molar-refractivity contribution in [1.29, 1.82) is 0 Å². The molecule has 1 saturated heterocycles. The van der Waals surface area contributed by atoms with E-state index in [-0.39, 0.29) is 6.29 Å². The van der Waals surface area contributed by atoms with Crippen LogP contribution in [-0.2, 0) is 15.9 Å². The Balaban J connectivity index is 2.01. The van der Waals surface area contributed by atoms with Gasteiger partial charge >= 0.3 is 0 Å². The Morgan fingerprint density at radius 2 is 1.85 bits per heavy atom. The zero-order chi connectivity index (χ0) is 14.4. The lowest BCUT2D eigenvalue weighted by molar-refractivity contribution is -0.0526. The van der Waals surface area contributed by atoms with Gasteiger partial charge in [-0.1, -0.05) is 25.1 Å². The Bertz CT molecular complexity index is 393. The fourth-order valence-corrected chi connectivity index (χ4v) is 2.78. The van der Waals surface area contributed by atoms with Crippen molar-refractivity contribution in [3.8, 4) is 0 Å². The van der Waals surface area contributed by atoms with Crippen molar-refractivity contribution in [2.45, 2.75) is 52.4 Å². The molecule has 0 spiro atoms. The minimum absolute atomic E-state index is 0.0336. The molecule has 0 aliphatic carbocycles. The Hall–Kier alpha value is -0.900. The van der Waals surface area contributed by atoms with Crippen molar-refractivity contribution < 1.29 is 9.47 Å². The molecule has 20 heavy (non-hydrogen) atoms. The zero-order valence-electron chi connectivity index (χ0n) is 12.9. The quantitative estimate of drug-likeness (QED) is 0.831. The summed E-state index contributed by atoms with van der Waals surface area (Å²) in [5, 5.41) is 3.64. The van der Waals surface area contributed by atoms with Crippen LogP contribution in [0, 0.1) is 13.8 Å². The van der Waals surface area contributed by atoms with Crippen LogP contribution in [0.25, 0.3) is 0 Å². The summed E-state index contributed by atoms with van der Waals surface area (Å²) in [7, 11) is 0. The minimum atomic E-state index is -0.0336. The van der Waals surface area contributed by atoms with Crippen LogP contribution in [0.2, 0.25) is 0 Å². The number of hydrogen-bond donors (Lipinski definition) is 1. The summed E-state index contributed by atoms with van der Waals surface area (Å²) in [6, 6.07) is 6.94. The molecule has 1 fully saturated rings. The monoisotopic (exact) mass is 277 g/mol. The lowest BCUT2D eigenvalue weighted by Crippen LogP contribution is -2.35. The second kappa shape index (κ2) is 7.77. The van der Waals surface area contributed by atoms with Gasteiger partial charge < -0.3 is 14.8 Å². The second-order valence-corrected chi connectivity index (χ2v) is 5.63. The Kier molecular flexibility index (Phi) is 6.02. The molecule has 112 valence electrons. The molecule has 0 amide bonds. The molecular formula is C17H27NO2. The average Bonchev–Trinajstić information content (AvgIpc) is 2.93. The molecule has 1 aliphatic rings. The van der Waals surface area contributed by atoms with E-state index >= 15 is 0 Å². The third-order valence-electron chi connectivity index (χ3n) is 3.95.